The Morgan fingerprint density at radius 2 is 1.65 bits per heavy atom. The molecule has 0 radical (unpaired) electrons. The van der Waals surface area contributed by atoms with E-state index in [1.54, 1.807) is 54.6 Å². The van der Waals surface area contributed by atoms with Crippen molar-refractivity contribution in [1.29, 1.82) is 0 Å². The number of hydrogen-bond acceptors (Lipinski definition) is 4. The van der Waals surface area contributed by atoms with Crippen molar-refractivity contribution in [2.75, 3.05) is 0 Å². The van der Waals surface area contributed by atoms with E-state index in [4.69, 9.17) is 9.84 Å². The Morgan fingerprint density at radius 1 is 1.04 bits per heavy atom. The first-order chi connectivity index (χ1) is 12.3. The Morgan fingerprint density at radius 3 is 2.23 bits per heavy atom. The number of rotatable bonds is 5. The molecule has 1 aliphatic heterocycles. The summed E-state index contributed by atoms with van der Waals surface area (Å²) < 4.78 is 5.49. The highest BCUT2D eigenvalue weighted by Gasteiger charge is 2.33. The number of amides is 2. The SMILES string of the molecule is CC(C)(Oc1cccc(C=CN2C(=O)c3ccccc3C2=O)c1)C(=O)O. The minimum atomic E-state index is -1.37. The number of aliphatic carboxylic acids is 1. The molecule has 0 saturated carbocycles. The number of imide groups is 1. The maximum absolute atomic E-state index is 12.3. The van der Waals surface area contributed by atoms with Gasteiger partial charge in [-0.05, 0) is 49.8 Å². The van der Waals surface area contributed by atoms with Crippen LogP contribution in [0.3, 0.4) is 0 Å². The molecule has 0 aliphatic carbocycles. The number of carboxylic acids is 1. The van der Waals surface area contributed by atoms with Crippen LogP contribution in [0.2, 0.25) is 0 Å². The first-order valence-corrected chi connectivity index (χ1v) is 7.97. The van der Waals surface area contributed by atoms with Gasteiger partial charge >= 0.3 is 5.97 Å². The van der Waals surface area contributed by atoms with Crippen molar-refractivity contribution in [3.05, 3.63) is 71.4 Å². The molecule has 0 atom stereocenters. The highest BCUT2D eigenvalue weighted by molar-refractivity contribution is 6.22. The van der Waals surface area contributed by atoms with Gasteiger partial charge < -0.3 is 9.84 Å². The molecule has 26 heavy (non-hydrogen) atoms. The quantitative estimate of drug-likeness (QED) is 0.837. The van der Waals surface area contributed by atoms with E-state index in [1.807, 2.05) is 0 Å². The van der Waals surface area contributed by atoms with Crippen LogP contribution in [0.25, 0.3) is 6.08 Å². The standard InChI is InChI=1S/C20H17NO5/c1-20(2,19(24)25)26-14-7-5-6-13(12-14)10-11-21-17(22)15-8-3-4-9-16(15)18(21)23/h3-12H,1-2H3,(H,24,25). The molecule has 3 rings (SSSR count). The third-order valence-corrected chi connectivity index (χ3v) is 3.99. The Hall–Kier alpha value is -3.41. The van der Waals surface area contributed by atoms with Gasteiger partial charge in [-0.3, -0.25) is 9.59 Å². The summed E-state index contributed by atoms with van der Waals surface area (Å²) in [4.78, 5) is 36.9. The first kappa shape index (κ1) is 17.4. The molecule has 2 aromatic rings. The maximum Gasteiger partial charge on any atom is 0.347 e. The Bertz CT molecular complexity index is 894. The molecule has 6 heteroatoms. The summed E-state index contributed by atoms with van der Waals surface area (Å²) in [6.07, 6.45) is 3.01. The normalized spacial score (nSPS) is 14.0. The van der Waals surface area contributed by atoms with Crippen LogP contribution in [-0.2, 0) is 4.79 Å². The van der Waals surface area contributed by atoms with Crippen molar-refractivity contribution in [2.24, 2.45) is 0 Å². The smallest absolute Gasteiger partial charge is 0.347 e. The van der Waals surface area contributed by atoms with E-state index in [0.29, 0.717) is 22.4 Å². The lowest BCUT2D eigenvalue weighted by molar-refractivity contribution is -0.152. The molecule has 6 nitrogen and oxygen atoms in total. The van der Waals surface area contributed by atoms with Crippen molar-refractivity contribution < 1.29 is 24.2 Å². The van der Waals surface area contributed by atoms with E-state index in [2.05, 4.69) is 0 Å². The summed E-state index contributed by atoms with van der Waals surface area (Å²) >= 11 is 0. The van der Waals surface area contributed by atoms with E-state index >= 15 is 0 Å². The van der Waals surface area contributed by atoms with Gasteiger partial charge in [0.15, 0.2) is 5.60 Å². The molecule has 1 heterocycles. The van der Waals surface area contributed by atoms with Crippen LogP contribution in [0.15, 0.2) is 54.7 Å². The van der Waals surface area contributed by atoms with Gasteiger partial charge in [0.2, 0.25) is 0 Å². The van der Waals surface area contributed by atoms with E-state index in [0.717, 1.165) is 4.90 Å². The highest BCUT2D eigenvalue weighted by atomic mass is 16.5. The van der Waals surface area contributed by atoms with Crippen LogP contribution in [0.1, 0.15) is 40.1 Å². The molecule has 1 N–H and O–H groups in total. The second kappa shape index (κ2) is 6.48. The summed E-state index contributed by atoms with van der Waals surface area (Å²) in [6.45, 7) is 2.91. The van der Waals surface area contributed by atoms with Crippen LogP contribution >= 0.6 is 0 Å². The Labute approximate surface area is 150 Å². The van der Waals surface area contributed by atoms with E-state index in [9.17, 15) is 14.4 Å². The van der Waals surface area contributed by atoms with Crippen LogP contribution < -0.4 is 4.74 Å². The molecule has 0 spiro atoms. The van der Waals surface area contributed by atoms with Crippen molar-refractivity contribution in [1.82, 2.24) is 4.90 Å². The number of carboxylic acid groups (broad SMARTS) is 1. The van der Waals surface area contributed by atoms with E-state index < -0.39 is 11.6 Å². The number of benzene rings is 2. The van der Waals surface area contributed by atoms with Gasteiger partial charge in [-0.2, -0.15) is 0 Å². The fourth-order valence-corrected chi connectivity index (χ4v) is 2.52. The molecule has 132 valence electrons. The monoisotopic (exact) mass is 351 g/mol. The van der Waals surface area contributed by atoms with Gasteiger partial charge in [0, 0.05) is 6.20 Å². The van der Waals surface area contributed by atoms with Crippen molar-refractivity contribution in [2.45, 2.75) is 19.4 Å². The van der Waals surface area contributed by atoms with Gasteiger partial charge in [0.05, 0.1) is 11.1 Å². The minimum Gasteiger partial charge on any atom is -0.478 e. The molecule has 0 saturated heterocycles. The molecule has 2 amide bonds. The lowest BCUT2D eigenvalue weighted by atomic mass is 10.1. The zero-order valence-electron chi connectivity index (χ0n) is 14.3. The molecular formula is C20H17NO5. The highest BCUT2D eigenvalue weighted by Crippen LogP contribution is 2.24. The molecule has 0 unspecified atom stereocenters. The largest absolute Gasteiger partial charge is 0.478 e. The van der Waals surface area contributed by atoms with E-state index in [1.165, 1.54) is 20.0 Å². The maximum atomic E-state index is 12.3. The van der Waals surface area contributed by atoms with Crippen molar-refractivity contribution >= 4 is 23.9 Å². The van der Waals surface area contributed by atoms with Gasteiger partial charge in [-0.25, -0.2) is 9.69 Å². The van der Waals surface area contributed by atoms with Gasteiger partial charge in [0.25, 0.3) is 11.8 Å². The van der Waals surface area contributed by atoms with Crippen LogP contribution in [0.4, 0.5) is 0 Å². The predicted molar refractivity (Wildman–Crippen MR) is 94.8 cm³/mol. The van der Waals surface area contributed by atoms with Crippen molar-refractivity contribution in [3.8, 4) is 5.75 Å². The van der Waals surface area contributed by atoms with E-state index in [-0.39, 0.29) is 11.8 Å². The first-order valence-electron chi connectivity index (χ1n) is 7.97. The lowest BCUT2D eigenvalue weighted by Crippen LogP contribution is -2.37. The molecule has 1 aliphatic rings. The lowest BCUT2D eigenvalue weighted by Gasteiger charge is -2.21. The molecule has 0 aromatic heterocycles. The Kier molecular flexibility index (Phi) is 4.34. The molecule has 2 aromatic carbocycles. The second-order valence-electron chi connectivity index (χ2n) is 6.33. The average molecular weight is 351 g/mol. The Balaban J connectivity index is 1.80. The summed E-state index contributed by atoms with van der Waals surface area (Å²) in [5.41, 5.74) is 0.0512. The molecular weight excluding hydrogens is 334 g/mol. The zero-order chi connectivity index (χ0) is 18.9. The van der Waals surface area contributed by atoms with Crippen LogP contribution in [-0.4, -0.2) is 33.4 Å². The second-order valence-corrected chi connectivity index (χ2v) is 6.33. The minimum absolute atomic E-state index is 0.374. The van der Waals surface area contributed by atoms with Crippen LogP contribution in [0.5, 0.6) is 5.75 Å². The number of nitrogens with zero attached hydrogens (tertiary/aromatic N) is 1. The number of fused-ring (bicyclic) bond motifs is 1. The summed E-state index contributed by atoms with van der Waals surface area (Å²) in [5.74, 6) is -1.45. The van der Waals surface area contributed by atoms with Crippen LogP contribution in [0, 0.1) is 0 Å². The summed E-state index contributed by atoms with van der Waals surface area (Å²) in [5, 5.41) is 9.14. The van der Waals surface area contributed by atoms with Gasteiger partial charge in [-0.15, -0.1) is 0 Å². The predicted octanol–water partition coefficient (Wildman–Crippen LogP) is 3.20. The number of ether oxygens (including phenoxy) is 1. The molecule has 0 bridgehead atoms. The fraction of sp³-hybridized carbons (Fsp3) is 0.150. The summed E-state index contributed by atoms with van der Waals surface area (Å²) in [7, 11) is 0. The molecule has 0 fully saturated rings. The topological polar surface area (TPSA) is 83.9 Å². The third kappa shape index (κ3) is 3.21. The van der Waals surface area contributed by atoms with Gasteiger partial charge in [-0.1, -0.05) is 24.3 Å². The number of carbonyl (C=O) groups is 3. The van der Waals surface area contributed by atoms with Crippen molar-refractivity contribution in [3.63, 3.8) is 0 Å². The average Bonchev–Trinajstić information content (AvgIpc) is 2.84. The van der Waals surface area contributed by atoms with Gasteiger partial charge in [0.1, 0.15) is 5.75 Å². The summed E-state index contributed by atoms with van der Waals surface area (Å²) in [6, 6.07) is 13.4. The zero-order valence-corrected chi connectivity index (χ0v) is 14.3. The third-order valence-electron chi connectivity index (χ3n) is 3.99. The number of carbonyl (C=O) groups excluding carboxylic acids is 2. The fourth-order valence-electron chi connectivity index (χ4n) is 2.52. The number of hydrogen-bond donors (Lipinski definition) is 1.